The number of ether oxygens (including phenoxy) is 1. The van der Waals surface area contributed by atoms with Gasteiger partial charge in [-0.1, -0.05) is 12.1 Å². The summed E-state index contributed by atoms with van der Waals surface area (Å²) in [5.74, 6) is -21.0. The predicted molar refractivity (Wildman–Crippen MR) is 82.4 cm³/mol. The number of nitrogens with zero attached hydrogens (tertiary/aromatic N) is 1. The summed E-state index contributed by atoms with van der Waals surface area (Å²) in [5, 5.41) is 8.65. The van der Waals surface area contributed by atoms with E-state index in [0.717, 1.165) is 0 Å². The maximum Gasteiger partial charge on any atom is 0.460 e. The molecule has 2 rings (SSSR count). The Balaban J connectivity index is 2.27. The van der Waals surface area contributed by atoms with Crippen LogP contribution in [0.1, 0.15) is 21.5 Å². The molecular formula is C18H8F9NO2. The lowest BCUT2D eigenvalue weighted by Crippen LogP contribution is -2.59. The van der Waals surface area contributed by atoms with Crippen LogP contribution in [0.15, 0.2) is 48.5 Å². The molecule has 0 aliphatic heterocycles. The summed E-state index contributed by atoms with van der Waals surface area (Å²) in [4.78, 5) is 11.9. The van der Waals surface area contributed by atoms with E-state index in [1.54, 1.807) is 6.07 Å². The van der Waals surface area contributed by atoms with Crippen LogP contribution in [0.4, 0.5) is 39.5 Å². The van der Waals surface area contributed by atoms with Crippen molar-refractivity contribution in [2.75, 3.05) is 0 Å². The molecule has 12 heteroatoms. The highest BCUT2D eigenvalue weighted by Gasteiger charge is 2.81. The Kier molecular flexibility index (Phi) is 5.80. The van der Waals surface area contributed by atoms with Crippen LogP contribution < -0.4 is 4.74 Å². The van der Waals surface area contributed by atoms with E-state index in [4.69, 9.17) is 10.00 Å². The van der Waals surface area contributed by atoms with Crippen molar-refractivity contribution in [3.05, 3.63) is 65.2 Å². The van der Waals surface area contributed by atoms with Gasteiger partial charge in [-0.05, 0) is 36.4 Å². The largest absolute Gasteiger partial charge is 0.460 e. The normalized spacial score (nSPS) is 12.9. The molecular weight excluding hydrogens is 433 g/mol. The van der Waals surface area contributed by atoms with Crippen molar-refractivity contribution in [2.45, 2.75) is 23.9 Å². The average molecular weight is 441 g/mol. The van der Waals surface area contributed by atoms with Gasteiger partial charge in [0.2, 0.25) is 0 Å². The minimum absolute atomic E-state index is 0.0650. The maximum atomic E-state index is 13.8. The summed E-state index contributed by atoms with van der Waals surface area (Å²) >= 11 is 0. The molecule has 2 aromatic rings. The Labute approximate surface area is 162 Å². The molecule has 0 aliphatic rings. The first kappa shape index (κ1) is 23.1. The standard InChI is InChI=1S/C18H8F9NO2/c19-15(20,16(21,22)17(23,24)18(25,26)27)12-5-3-11(4-6-12)14(29)30-13-7-1-10(9-28)2-8-13/h1-8H. The Morgan fingerprint density at radius 1 is 0.767 bits per heavy atom. The Hall–Kier alpha value is -3.23. The van der Waals surface area contributed by atoms with Gasteiger partial charge in [0.15, 0.2) is 0 Å². The van der Waals surface area contributed by atoms with E-state index in [0.29, 0.717) is 12.1 Å². The van der Waals surface area contributed by atoms with E-state index in [9.17, 15) is 44.3 Å². The second kappa shape index (κ2) is 7.55. The number of benzene rings is 2. The van der Waals surface area contributed by atoms with Gasteiger partial charge in [-0.3, -0.25) is 0 Å². The van der Waals surface area contributed by atoms with Gasteiger partial charge >= 0.3 is 29.9 Å². The zero-order chi connectivity index (χ0) is 23.0. The molecule has 30 heavy (non-hydrogen) atoms. The number of carbonyl (C=O) groups is 1. The number of esters is 1. The molecule has 0 atom stereocenters. The van der Waals surface area contributed by atoms with Crippen molar-refractivity contribution in [2.24, 2.45) is 0 Å². The van der Waals surface area contributed by atoms with Gasteiger partial charge in [-0.2, -0.15) is 44.8 Å². The molecule has 160 valence electrons. The highest BCUT2D eigenvalue weighted by molar-refractivity contribution is 5.91. The Morgan fingerprint density at radius 2 is 1.27 bits per heavy atom. The molecule has 0 saturated heterocycles. The van der Waals surface area contributed by atoms with Crippen molar-refractivity contribution in [1.82, 2.24) is 0 Å². The summed E-state index contributed by atoms with van der Waals surface area (Å²) in [6, 6.07) is 8.02. The Bertz CT molecular complexity index is 959. The highest BCUT2D eigenvalue weighted by atomic mass is 19.4. The molecule has 0 spiro atoms. The molecule has 0 aromatic heterocycles. The van der Waals surface area contributed by atoms with Crippen LogP contribution >= 0.6 is 0 Å². The number of nitriles is 1. The lowest BCUT2D eigenvalue weighted by Gasteiger charge is -2.33. The second-order valence-corrected chi connectivity index (χ2v) is 5.82. The maximum absolute atomic E-state index is 13.8. The van der Waals surface area contributed by atoms with E-state index in [1.165, 1.54) is 24.3 Å². The summed E-state index contributed by atoms with van der Waals surface area (Å²) in [7, 11) is 0. The predicted octanol–water partition coefficient (Wildman–Crippen LogP) is 5.70. The summed E-state index contributed by atoms with van der Waals surface area (Å²) < 4.78 is 122. The van der Waals surface area contributed by atoms with Gasteiger partial charge in [-0.25, -0.2) is 4.79 Å². The van der Waals surface area contributed by atoms with Crippen LogP contribution in [0.3, 0.4) is 0 Å². The third-order valence-electron chi connectivity index (χ3n) is 3.82. The number of halogens is 9. The van der Waals surface area contributed by atoms with E-state index >= 15 is 0 Å². The molecule has 0 N–H and O–H groups in total. The first-order chi connectivity index (χ1) is 13.6. The van der Waals surface area contributed by atoms with E-state index in [-0.39, 0.29) is 23.4 Å². The molecule has 0 unspecified atom stereocenters. The molecule has 3 nitrogen and oxygen atoms in total. The fourth-order valence-electron chi connectivity index (χ4n) is 2.14. The van der Waals surface area contributed by atoms with Gasteiger partial charge in [-0.15, -0.1) is 0 Å². The molecule has 0 fully saturated rings. The summed E-state index contributed by atoms with van der Waals surface area (Å²) in [6.45, 7) is 0. The molecule has 0 radical (unpaired) electrons. The molecule has 0 heterocycles. The molecule has 0 bridgehead atoms. The summed E-state index contributed by atoms with van der Waals surface area (Å²) in [5.41, 5.74) is -2.12. The number of hydrogen-bond donors (Lipinski definition) is 0. The van der Waals surface area contributed by atoms with Crippen molar-refractivity contribution in [3.8, 4) is 11.8 Å². The van der Waals surface area contributed by atoms with Gasteiger partial charge in [0.1, 0.15) is 5.75 Å². The first-order valence-electron chi connectivity index (χ1n) is 7.68. The van der Waals surface area contributed by atoms with Crippen molar-refractivity contribution >= 4 is 5.97 Å². The van der Waals surface area contributed by atoms with Crippen molar-refractivity contribution in [3.63, 3.8) is 0 Å². The number of hydrogen-bond acceptors (Lipinski definition) is 3. The third kappa shape index (κ3) is 3.92. The van der Waals surface area contributed by atoms with E-state index < -0.39 is 41.0 Å². The van der Waals surface area contributed by atoms with Crippen LogP contribution in [-0.2, 0) is 5.92 Å². The smallest absolute Gasteiger partial charge is 0.423 e. The second-order valence-electron chi connectivity index (χ2n) is 5.82. The van der Waals surface area contributed by atoms with Gasteiger partial charge in [0, 0.05) is 5.56 Å². The van der Waals surface area contributed by atoms with Crippen LogP contribution in [-0.4, -0.2) is 24.0 Å². The molecule has 0 aliphatic carbocycles. The Morgan fingerprint density at radius 3 is 1.70 bits per heavy atom. The molecule has 2 aromatic carbocycles. The van der Waals surface area contributed by atoms with Crippen LogP contribution in [0, 0.1) is 11.3 Å². The lowest BCUT2D eigenvalue weighted by molar-refractivity contribution is -0.399. The zero-order valence-corrected chi connectivity index (χ0v) is 14.3. The number of alkyl halides is 9. The van der Waals surface area contributed by atoms with Crippen molar-refractivity contribution < 1.29 is 49.0 Å². The van der Waals surface area contributed by atoms with E-state index in [1.807, 2.05) is 0 Å². The number of rotatable bonds is 5. The SMILES string of the molecule is N#Cc1ccc(OC(=O)c2ccc(C(F)(F)C(F)(F)C(F)(F)C(F)(F)F)cc2)cc1. The minimum atomic E-state index is -7.02. The quantitative estimate of drug-likeness (QED) is 0.340. The fourth-order valence-corrected chi connectivity index (χ4v) is 2.14. The van der Waals surface area contributed by atoms with Crippen LogP contribution in [0.25, 0.3) is 0 Å². The van der Waals surface area contributed by atoms with Crippen LogP contribution in [0.5, 0.6) is 5.75 Å². The van der Waals surface area contributed by atoms with Crippen LogP contribution in [0.2, 0.25) is 0 Å². The molecule has 0 saturated carbocycles. The van der Waals surface area contributed by atoms with Gasteiger partial charge in [0.25, 0.3) is 0 Å². The number of carbonyl (C=O) groups excluding carboxylic acids is 1. The first-order valence-corrected chi connectivity index (χ1v) is 7.68. The monoisotopic (exact) mass is 441 g/mol. The lowest BCUT2D eigenvalue weighted by atomic mass is 9.96. The average Bonchev–Trinajstić information content (AvgIpc) is 2.67. The third-order valence-corrected chi connectivity index (χ3v) is 3.82. The fraction of sp³-hybridized carbons (Fsp3) is 0.222. The minimum Gasteiger partial charge on any atom is -0.423 e. The zero-order valence-electron chi connectivity index (χ0n) is 14.3. The van der Waals surface area contributed by atoms with Gasteiger partial charge < -0.3 is 4.74 Å². The van der Waals surface area contributed by atoms with Gasteiger partial charge in [0.05, 0.1) is 17.2 Å². The summed E-state index contributed by atoms with van der Waals surface area (Å²) in [6.07, 6.45) is -6.93. The molecule has 0 amide bonds. The highest BCUT2D eigenvalue weighted by Crippen LogP contribution is 2.56. The van der Waals surface area contributed by atoms with Crippen molar-refractivity contribution in [1.29, 1.82) is 5.26 Å². The van der Waals surface area contributed by atoms with E-state index in [2.05, 4.69) is 0 Å². The topological polar surface area (TPSA) is 50.1 Å².